The van der Waals surface area contributed by atoms with Gasteiger partial charge in [0.05, 0.1) is 0 Å². The molecule has 1 aromatic heterocycles. The molecule has 0 spiro atoms. The minimum Gasteiger partial charge on any atom is -0.310 e. The zero-order valence-electron chi connectivity index (χ0n) is 37.9. The normalized spacial score (nSPS) is 11.8. The van der Waals surface area contributed by atoms with E-state index < -0.39 is 0 Å². The third-order valence-electron chi connectivity index (χ3n) is 13.5. The van der Waals surface area contributed by atoms with Crippen LogP contribution >= 0.6 is 11.3 Å². The molecular weight excluding hydrogens is 827 g/mol. The van der Waals surface area contributed by atoms with Crippen molar-refractivity contribution in [1.29, 1.82) is 0 Å². The fraction of sp³-hybridized carbons (Fsp3) is 0.0769. The highest BCUT2D eigenvalue weighted by Crippen LogP contribution is 2.42. The summed E-state index contributed by atoms with van der Waals surface area (Å²) in [6.07, 6.45) is 2.07. The van der Waals surface area contributed by atoms with Crippen LogP contribution in [0, 0.1) is 6.92 Å². The Hall–Kier alpha value is -7.78. The standard InChI is InChI=1S/C65H51NS/c1-3-46(51-38-39-65-63(44-51)61-30-14-15-31-64(61)67-65)40-53-20-10-11-29-60(53)62-43-52(33-32-45(62)2)48-36-34-47(35-37-48)50-21-16-25-56(41-50)66(55-23-8-5-9-24-55)57-26-17-22-54(42-57)59-28-13-12-27-58(59)49-18-6-4-7-19-49/h4-39,41-44,46H,3,40H2,1-2H3. The Bertz CT molecular complexity index is 3490. The number of para-hydroxylation sites is 1. The van der Waals surface area contributed by atoms with Crippen LogP contribution in [-0.4, -0.2) is 0 Å². The quantitative estimate of drug-likeness (QED) is 0.118. The van der Waals surface area contributed by atoms with Gasteiger partial charge in [-0.25, -0.2) is 0 Å². The van der Waals surface area contributed by atoms with Crippen LogP contribution in [0.4, 0.5) is 17.1 Å². The number of anilines is 3. The van der Waals surface area contributed by atoms with Gasteiger partial charge in [0.15, 0.2) is 0 Å². The molecule has 1 unspecified atom stereocenters. The Labute approximate surface area is 398 Å². The van der Waals surface area contributed by atoms with E-state index in [1.807, 2.05) is 11.3 Å². The third-order valence-corrected chi connectivity index (χ3v) is 14.6. The molecule has 0 bridgehead atoms. The van der Waals surface area contributed by atoms with Gasteiger partial charge >= 0.3 is 0 Å². The average Bonchev–Trinajstić information content (AvgIpc) is 3.77. The first-order chi connectivity index (χ1) is 33.1. The van der Waals surface area contributed by atoms with Gasteiger partial charge in [-0.05, 0) is 159 Å². The van der Waals surface area contributed by atoms with Crippen LogP contribution in [0.5, 0.6) is 0 Å². The number of benzene rings is 10. The van der Waals surface area contributed by atoms with Crippen LogP contribution in [-0.2, 0) is 6.42 Å². The summed E-state index contributed by atoms with van der Waals surface area (Å²) in [7, 11) is 0. The van der Waals surface area contributed by atoms with E-state index in [1.54, 1.807) is 0 Å². The fourth-order valence-corrected chi connectivity index (χ4v) is 11.0. The number of rotatable bonds is 12. The highest BCUT2D eigenvalue weighted by Gasteiger charge is 2.19. The molecule has 0 N–H and O–H groups in total. The summed E-state index contributed by atoms with van der Waals surface area (Å²) in [5, 5.41) is 2.74. The van der Waals surface area contributed by atoms with Gasteiger partial charge in [-0.3, -0.25) is 0 Å². The molecule has 322 valence electrons. The highest BCUT2D eigenvalue weighted by atomic mass is 32.1. The van der Waals surface area contributed by atoms with Crippen LogP contribution in [0.15, 0.2) is 243 Å². The smallest absolute Gasteiger partial charge is 0.0467 e. The summed E-state index contributed by atoms with van der Waals surface area (Å²) < 4.78 is 2.72. The second kappa shape index (κ2) is 18.6. The summed E-state index contributed by atoms with van der Waals surface area (Å²) >= 11 is 1.89. The van der Waals surface area contributed by atoms with Crippen LogP contribution in [0.3, 0.4) is 0 Å². The second-order valence-electron chi connectivity index (χ2n) is 17.6. The molecule has 0 fully saturated rings. The zero-order chi connectivity index (χ0) is 45.1. The molecule has 0 aliphatic heterocycles. The van der Waals surface area contributed by atoms with Gasteiger partial charge in [-0.2, -0.15) is 0 Å². The fourth-order valence-electron chi connectivity index (χ4n) is 9.93. The van der Waals surface area contributed by atoms with Crippen molar-refractivity contribution >= 4 is 48.6 Å². The van der Waals surface area contributed by atoms with E-state index in [9.17, 15) is 0 Å². The van der Waals surface area contributed by atoms with E-state index in [1.165, 1.54) is 92.5 Å². The van der Waals surface area contributed by atoms with E-state index in [-0.39, 0.29) is 0 Å². The van der Waals surface area contributed by atoms with Gasteiger partial charge in [0.2, 0.25) is 0 Å². The first-order valence-corrected chi connectivity index (χ1v) is 24.3. The molecule has 0 saturated heterocycles. The number of aryl methyl sites for hydroxylation is 1. The molecule has 0 aliphatic rings. The lowest BCUT2D eigenvalue weighted by Crippen LogP contribution is -2.10. The Morgan fingerprint density at radius 1 is 0.373 bits per heavy atom. The molecular formula is C65H51NS. The van der Waals surface area contributed by atoms with Gasteiger partial charge in [0, 0.05) is 37.2 Å². The van der Waals surface area contributed by atoms with E-state index in [0.717, 1.165) is 29.9 Å². The van der Waals surface area contributed by atoms with Crippen LogP contribution in [0.2, 0.25) is 0 Å². The molecule has 0 saturated carbocycles. The molecule has 0 aliphatic carbocycles. The Morgan fingerprint density at radius 2 is 0.910 bits per heavy atom. The summed E-state index contributed by atoms with van der Waals surface area (Å²) in [5.41, 5.74) is 19.7. The summed E-state index contributed by atoms with van der Waals surface area (Å²) in [6, 6.07) is 89.0. The maximum Gasteiger partial charge on any atom is 0.0467 e. The number of hydrogen-bond acceptors (Lipinski definition) is 2. The summed E-state index contributed by atoms with van der Waals surface area (Å²) in [6.45, 7) is 4.58. The lowest BCUT2D eigenvalue weighted by atomic mass is 9.85. The van der Waals surface area contributed by atoms with E-state index in [2.05, 4.69) is 261 Å². The topological polar surface area (TPSA) is 3.24 Å². The van der Waals surface area contributed by atoms with E-state index in [0.29, 0.717) is 5.92 Å². The first kappa shape index (κ1) is 41.9. The maximum atomic E-state index is 2.46. The number of fused-ring (bicyclic) bond motifs is 3. The predicted octanol–water partition coefficient (Wildman–Crippen LogP) is 18.9. The van der Waals surface area contributed by atoms with E-state index >= 15 is 0 Å². The molecule has 67 heavy (non-hydrogen) atoms. The molecule has 11 aromatic rings. The maximum absolute atomic E-state index is 2.46. The molecule has 10 aromatic carbocycles. The van der Waals surface area contributed by atoms with Crippen molar-refractivity contribution in [2.45, 2.75) is 32.6 Å². The first-order valence-electron chi connectivity index (χ1n) is 23.5. The van der Waals surface area contributed by atoms with Gasteiger partial charge < -0.3 is 4.90 Å². The zero-order valence-corrected chi connectivity index (χ0v) is 38.8. The van der Waals surface area contributed by atoms with Gasteiger partial charge in [0.1, 0.15) is 0 Å². The van der Waals surface area contributed by atoms with Gasteiger partial charge in [0.25, 0.3) is 0 Å². The number of thiophene rings is 1. The van der Waals surface area contributed by atoms with Crippen molar-refractivity contribution in [2.24, 2.45) is 0 Å². The molecule has 1 heterocycles. The average molecular weight is 878 g/mol. The van der Waals surface area contributed by atoms with Gasteiger partial charge in [-0.15, -0.1) is 11.3 Å². The van der Waals surface area contributed by atoms with Crippen molar-refractivity contribution < 1.29 is 0 Å². The molecule has 0 radical (unpaired) electrons. The number of nitrogens with zero attached hydrogens (tertiary/aromatic N) is 1. The largest absolute Gasteiger partial charge is 0.310 e. The number of hydrogen-bond donors (Lipinski definition) is 0. The Kier molecular flexibility index (Phi) is 11.6. The van der Waals surface area contributed by atoms with Crippen molar-refractivity contribution in [2.75, 3.05) is 4.90 Å². The van der Waals surface area contributed by atoms with Crippen LogP contribution in [0.1, 0.15) is 36.0 Å². The Balaban J connectivity index is 0.882. The second-order valence-corrected chi connectivity index (χ2v) is 18.7. The van der Waals surface area contributed by atoms with E-state index in [4.69, 9.17) is 0 Å². The van der Waals surface area contributed by atoms with Crippen LogP contribution in [0.25, 0.3) is 75.8 Å². The lowest BCUT2D eigenvalue weighted by molar-refractivity contribution is 0.662. The van der Waals surface area contributed by atoms with Crippen molar-refractivity contribution in [3.05, 3.63) is 259 Å². The highest BCUT2D eigenvalue weighted by molar-refractivity contribution is 7.25. The molecule has 1 atom stereocenters. The minimum atomic E-state index is 0.422. The monoisotopic (exact) mass is 877 g/mol. The lowest BCUT2D eigenvalue weighted by Gasteiger charge is -2.26. The van der Waals surface area contributed by atoms with Crippen molar-refractivity contribution in [1.82, 2.24) is 0 Å². The Morgan fingerprint density at radius 3 is 1.64 bits per heavy atom. The summed E-state index contributed by atoms with van der Waals surface area (Å²) in [4.78, 5) is 2.37. The molecule has 1 nitrogen and oxygen atoms in total. The van der Waals surface area contributed by atoms with Crippen molar-refractivity contribution in [3.63, 3.8) is 0 Å². The van der Waals surface area contributed by atoms with Crippen LogP contribution < -0.4 is 4.90 Å². The molecule has 0 amide bonds. The predicted molar refractivity (Wildman–Crippen MR) is 289 cm³/mol. The SMILES string of the molecule is CCC(Cc1ccccc1-c1cc(-c2ccc(-c3cccc(N(c4ccccc4)c4cccc(-c5ccccc5-c5ccccc5)c4)c3)cc2)ccc1C)c1ccc2sc3ccccc3c2c1. The third kappa shape index (κ3) is 8.49. The summed E-state index contributed by atoms with van der Waals surface area (Å²) in [5.74, 6) is 0.422. The van der Waals surface area contributed by atoms with Crippen molar-refractivity contribution in [3.8, 4) is 55.6 Å². The van der Waals surface area contributed by atoms with Gasteiger partial charge in [-0.1, -0.05) is 189 Å². The molecule has 11 rings (SSSR count). The molecule has 2 heteroatoms. The minimum absolute atomic E-state index is 0.422.